The summed E-state index contributed by atoms with van der Waals surface area (Å²) in [6.45, 7) is 0.184. The molecule has 0 aliphatic heterocycles. The van der Waals surface area contributed by atoms with Gasteiger partial charge < -0.3 is 15.6 Å². The highest BCUT2D eigenvalue weighted by atomic mass is 79.9. The molecule has 4 N–H and O–H groups in total. The summed E-state index contributed by atoms with van der Waals surface area (Å²) in [6.07, 6.45) is 1.54. The highest BCUT2D eigenvalue weighted by molar-refractivity contribution is 9.10. The lowest BCUT2D eigenvalue weighted by Gasteiger charge is -2.07. The molecule has 17 heavy (non-hydrogen) atoms. The molecule has 0 aliphatic carbocycles. The van der Waals surface area contributed by atoms with Crippen molar-refractivity contribution in [2.75, 3.05) is 13.2 Å². The smallest absolute Gasteiger partial charge is 0.184 e. The normalized spacial score (nSPS) is 10.5. The zero-order chi connectivity index (χ0) is 12.7. The molecule has 0 unspecified atom stereocenters. The molecule has 7 heteroatoms. The fraction of sp³-hybridized carbons (Fsp3) is 0.200. The standard InChI is InChI=1S/C10H12BrN3O2S/c11-8-1-2-9(16-4-3-15)7(5-8)6-13-14-10(12)17/h1-2,5-6,15H,3-4H2,(H3,12,14,17)/b13-6-. The van der Waals surface area contributed by atoms with Crippen molar-refractivity contribution in [3.63, 3.8) is 0 Å². The Balaban J connectivity index is 2.82. The summed E-state index contributed by atoms with van der Waals surface area (Å²) < 4.78 is 6.24. The van der Waals surface area contributed by atoms with Gasteiger partial charge in [-0.2, -0.15) is 5.10 Å². The first-order valence-electron chi connectivity index (χ1n) is 4.75. The first-order valence-corrected chi connectivity index (χ1v) is 5.95. The fourth-order valence-corrected chi connectivity index (χ4v) is 1.50. The largest absolute Gasteiger partial charge is 0.491 e. The predicted octanol–water partition coefficient (Wildman–Crippen LogP) is 0.987. The maximum atomic E-state index is 8.71. The summed E-state index contributed by atoms with van der Waals surface area (Å²) >= 11 is 7.97. The quantitative estimate of drug-likeness (QED) is 0.429. The molecule has 0 aliphatic rings. The third-order valence-electron chi connectivity index (χ3n) is 1.70. The Labute approximate surface area is 113 Å². The zero-order valence-electron chi connectivity index (χ0n) is 8.89. The number of benzene rings is 1. The van der Waals surface area contributed by atoms with Gasteiger partial charge in [0.2, 0.25) is 0 Å². The molecule has 0 fully saturated rings. The van der Waals surface area contributed by atoms with Crippen molar-refractivity contribution < 1.29 is 9.84 Å². The Bertz CT molecular complexity index is 426. The lowest BCUT2D eigenvalue weighted by atomic mass is 10.2. The van der Waals surface area contributed by atoms with Crippen LogP contribution in [0.1, 0.15) is 5.56 Å². The van der Waals surface area contributed by atoms with E-state index in [0.717, 1.165) is 10.0 Å². The minimum Gasteiger partial charge on any atom is -0.491 e. The van der Waals surface area contributed by atoms with Gasteiger partial charge in [-0.05, 0) is 30.4 Å². The number of aliphatic hydroxyl groups is 1. The second-order valence-corrected chi connectivity index (χ2v) is 4.34. The molecule has 0 saturated heterocycles. The molecule has 1 aromatic rings. The number of ether oxygens (including phenoxy) is 1. The summed E-state index contributed by atoms with van der Waals surface area (Å²) in [4.78, 5) is 0. The third-order valence-corrected chi connectivity index (χ3v) is 2.28. The Hall–Kier alpha value is -1.18. The minimum atomic E-state index is -0.0439. The Morgan fingerprint density at radius 1 is 1.65 bits per heavy atom. The molecule has 0 bridgehead atoms. The monoisotopic (exact) mass is 317 g/mol. The summed E-state index contributed by atoms with van der Waals surface area (Å²) in [6, 6.07) is 5.45. The molecular formula is C10H12BrN3O2S. The summed E-state index contributed by atoms with van der Waals surface area (Å²) in [5, 5.41) is 12.6. The van der Waals surface area contributed by atoms with Crippen LogP contribution in [0.2, 0.25) is 0 Å². The number of hydrogen-bond donors (Lipinski definition) is 3. The molecule has 0 amide bonds. The van der Waals surface area contributed by atoms with Gasteiger partial charge >= 0.3 is 0 Å². The number of nitrogens with one attached hydrogen (secondary N) is 1. The van der Waals surface area contributed by atoms with Gasteiger partial charge in [0.15, 0.2) is 5.11 Å². The van der Waals surface area contributed by atoms with E-state index in [0.29, 0.717) is 5.75 Å². The second kappa shape index (κ2) is 7.21. The van der Waals surface area contributed by atoms with Crippen LogP contribution in [0, 0.1) is 0 Å². The molecule has 5 nitrogen and oxygen atoms in total. The van der Waals surface area contributed by atoms with Gasteiger partial charge in [0, 0.05) is 10.0 Å². The third kappa shape index (κ3) is 5.12. The van der Waals surface area contributed by atoms with Crippen LogP contribution in [0.4, 0.5) is 0 Å². The van der Waals surface area contributed by atoms with E-state index < -0.39 is 0 Å². The van der Waals surface area contributed by atoms with Gasteiger partial charge in [0.05, 0.1) is 12.8 Å². The second-order valence-electron chi connectivity index (χ2n) is 2.99. The van der Waals surface area contributed by atoms with Crippen LogP contribution in [-0.2, 0) is 0 Å². The first kappa shape index (κ1) is 13.9. The van der Waals surface area contributed by atoms with Gasteiger partial charge in [0.25, 0.3) is 0 Å². The average molecular weight is 318 g/mol. The molecule has 0 atom stereocenters. The van der Waals surface area contributed by atoms with Crippen LogP contribution >= 0.6 is 28.1 Å². The van der Waals surface area contributed by atoms with Crippen molar-refractivity contribution in [2.24, 2.45) is 10.8 Å². The van der Waals surface area contributed by atoms with Crippen LogP contribution in [0.15, 0.2) is 27.8 Å². The van der Waals surface area contributed by atoms with Crippen LogP contribution in [0.3, 0.4) is 0 Å². The molecule has 0 saturated carbocycles. The summed E-state index contributed by atoms with van der Waals surface area (Å²) in [5.41, 5.74) is 8.44. The van der Waals surface area contributed by atoms with E-state index in [1.165, 1.54) is 6.21 Å². The summed E-state index contributed by atoms with van der Waals surface area (Å²) in [5.74, 6) is 0.621. The SMILES string of the molecule is NC(=S)N/N=C\c1cc(Br)ccc1OCCO. The lowest BCUT2D eigenvalue weighted by molar-refractivity contribution is 0.201. The van der Waals surface area contributed by atoms with Crippen LogP contribution < -0.4 is 15.9 Å². The Morgan fingerprint density at radius 3 is 3.06 bits per heavy atom. The van der Waals surface area contributed by atoms with Crippen LogP contribution in [0.25, 0.3) is 0 Å². The van der Waals surface area contributed by atoms with Gasteiger partial charge in [-0.1, -0.05) is 15.9 Å². The van der Waals surface area contributed by atoms with E-state index in [4.69, 9.17) is 15.6 Å². The number of aliphatic hydroxyl groups excluding tert-OH is 1. The molecule has 92 valence electrons. The molecule has 0 spiro atoms. The van der Waals surface area contributed by atoms with Crippen molar-refractivity contribution in [3.8, 4) is 5.75 Å². The van der Waals surface area contributed by atoms with Crippen molar-refractivity contribution in [1.82, 2.24) is 5.43 Å². The molecular weight excluding hydrogens is 306 g/mol. The predicted molar refractivity (Wildman–Crippen MR) is 74.2 cm³/mol. The zero-order valence-corrected chi connectivity index (χ0v) is 11.3. The van der Waals surface area contributed by atoms with Crippen molar-refractivity contribution in [3.05, 3.63) is 28.2 Å². The highest BCUT2D eigenvalue weighted by Crippen LogP contribution is 2.21. The molecule has 0 aromatic heterocycles. The van der Waals surface area contributed by atoms with Crippen molar-refractivity contribution >= 4 is 39.5 Å². The maximum Gasteiger partial charge on any atom is 0.184 e. The maximum absolute atomic E-state index is 8.71. The fourth-order valence-electron chi connectivity index (χ4n) is 1.07. The number of halogens is 1. The van der Waals surface area contributed by atoms with Gasteiger partial charge in [-0.15, -0.1) is 0 Å². The average Bonchev–Trinajstić information content (AvgIpc) is 2.27. The van der Waals surface area contributed by atoms with Gasteiger partial charge in [0.1, 0.15) is 12.4 Å². The number of thiocarbonyl (C=S) groups is 1. The Morgan fingerprint density at radius 2 is 2.41 bits per heavy atom. The number of rotatable bonds is 5. The van der Waals surface area contributed by atoms with Crippen LogP contribution in [0.5, 0.6) is 5.75 Å². The number of nitrogens with two attached hydrogens (primary N) is 1. The summed E-state index contributed by atoms with van der Waals surface area (Å²) in [7, 11) is 0. The van der Waals surface area contributed by atoms with Crippen LogP contribution in [-0.4, -0.2) is 29.6 Å². The van der Waals surface area contributed by atoms with Gasteiger partial charge in [-0.25, -0.2) is 0 Å². The Kier molecular flexibility index (Phi) is 5.88. The number of nitrogens with zero attached hydrogens (tertiary/aromatic N) is 1. The molecule has 1 rings (SSSR count). The van der Waals surface area contributed by atoms with E-state index in [1.807, 2.05) is 12.1 Å². The van der Waals surface area contributed by atoms with E-state index in [1.54, 1.807) is 6.07 Å². The van der Waals surface area contributed by atoms with E-state index in [-0.39, 0.29) is 18.3 Å². The van der Waals surface area contributed by atoms with E-state index in [9.17, 15) is 0 Å². The van der Waals surface area contributed by atoms with Crippen molar-refractivity contribution in [2.45, 2.75) is 0 Å². The molecule has 0 radical (unpaired) electrons. The topological polar surface area (TPSA) is 79.9 Å². The highest BCUT2D eigenvalue weighted by Gasteiger charge is 2.02. The van der Waals surface area contributed by atoms with Gasteiger partial charge in [-0.3, -0.25) is 5.43 Å². The molecule has 0 heterocycles. The van der Waals surface area contributed by atoms with Crippen molar-refractivity contribution in [1.29, 1.82) is 0 Å². The lowest BCUT2D eigenvalue weighted by Crippen LogP contribution is -2.24. The number of hydrogen-bond acceptors (Lipinski definition) is 4. The number of hydrazone groups is 1. The molecule has 1 aromatic carbocycles. The first-order chi connectivity index (χ1) is 8.13. The van der Waals surface area contributed by atoms with E-state index >= 15 is 0 Å². The minimum absolute atomic E-state index is 0.0439. The van der Waals surface area contributed by atoms with E-state index in [2.05, 4.69) is 38.7 Å².